The molecule has 1 saturated heterocycles. The SMILES string of the molecule is CN(C(=O)NCc1cc2cc(Cl)ccc2[nH]1)C1CCCN(C(=O)C2CC2)C1. The first-order valence-electron chi connectivity index (χ1n) is 9.58. The molecule has 0 spiro atoms. The van der Waals surface area contributed by atoms with Gasteiger partial charge in [-0.05, 0) is 49.9 Å². The van der Waals surface area contributed by atoms with Gasteiger partial charge in [0.25, 0.3) is 0 Å². The Balaban J connectivity index is 1.33. The van der Waals surface area contributed by atoms with Crippen molar-refractivity contribution in [2.45, 2.75) is 38.3 Å². The minimum Gasteiger partial charge on any atom is -0.357 e. The number of urea groups is 1. The molecule has 6 nitrogen and oxygen atoms in total. The predicted molar refractivity (Wildman–Crippen MR) is 106 cm³/mol. The van der Waals surface area contributed by atoms with Gasteiger partial charge in [-0.1, -0.05) is 11.6 Å². The summed E-state index contributed by atoms with van der Waals surface area (Å²) in [6.45, 7) is 1.88. The number of H-pyrrole nitrogens is 1. The van der Waals surface area contributed by atoms with Crippen LogP contribution >= 0.6 is 11.6 Å². The van der Waals surface area contributed by atoms with Crippen LogP contribution in [0.4, 0.5) is 4.79 Å². The highest BCUT2D eigenvalue weighted by Gasteiger charge is 2.36. The fourth-order valence-electron chi connectivity index (χ4n) is 3.78. The van der Waals surface area contributed by atoms with E-state index in [0.29, 0.717) is 18.1 Å². The minimum absolute atomic E-state index is 0.0722. The number of fused-ring (bicyclic) bond motifs is 1. The Morgan fingerprint density at radius 2 is 2.11 bits per heavy atom. The molecule has 144 valence electrons. The van der Waals surface area contributed by atoms with Gasteiger partial charge in [-0.15, -0.1) is 0 Å². The Kier molecular flexibility index (Phi) is 5.00. The van der Waals surface area contributed by atoms with E-state index in [1.165, 1.54) is 0 Å². The molecule has 2 N–H and O–H groups in total. The number of nitrogens with zero attached hydrogens (tertiary/aromatic N) is 2. The summed E-state index contributed by atoms with van der Waals surface area (Å²) in [6.07, 6.45) is 3.92. The fraction of sp³-hybridized carbons (Fsp3) is 0.500. The average Bonchev–Trinajstić information content (AvgIpc) is 3.45. The van der Waals surface area contributed by atoms with Crippen molar-refractivity contribution in [1.82, 2.24) is 20.1 Å². The van der Waals surface area contributed by atoms with Crippen LogP contribution in [-0.4, -0.2) is 52.9 Å². The molecule has 2 heterocycles. The van der Waals surface area contributed by atoms with E-state index in [0.717, 1.165) is 48.8 Å². The van der Waals surface area contributed by atoms with Gasteiger partial charge >= 0.3 is 6.03 Å². The van der Waals surface area contributed by atoms with Crippen molar-refractivity contribution in [1.29, 1.82) is 0 Å². The normalized spacial score (nSPS) is 19.9. The van der Waals surface area contributed by atoms with Gasteiger partial charge in [0.05, 0.1) is 12.6 Å². The van der Waals surface area contributed by atoms with E-state index in [1.54, 1.807) is 4.90 Å². The van der Waals surface area contributed by atoms with Crippen molar-refractivity contribution in [3.8, 4) is 0 Å². The fourth-order valence-corrected chi connectivity index (χ4v) is 3.96. The zero-order valence-corrected chi connectivity index (χ0v) is 16.3. The third-order valence-corrected chi connectivity index (χ3v) is 5.81. The van der Waals surface area contributed by atoms with E-state index in [9.17, 15) is 9.59 Å². The lowest BCUT2D eigenvalue weighted by molar-refractivity contribution is -0.134. The van der Waals surface area contributed by atoms with Crippen molar-refractivity contribution in [2.24, 2.45) is 5.92 Å². The van der Waals surface area contributed by atoms with Crippen LogP contribution in [0.25, 0.3) is 10.9 Å². The highest BCUT2D eigenvalue weighted by molar-refractivity contribution is 6.31. The molecule has 2 aromatic rings. The van der Waals surface area contributed by atoms with E-state index in [1.807, 2.05) is 36.2 Å². The summed E-state index contributed by atoms with van der Waals surface area (Å²) >= 11 is 6.02. The molecular formula is C20H25ClN4O2. The van der Waals surface area contributed by atoms with Crippen LogP contribution in [0.1, 0.15) is 31.4 Å². The maximum Gasteiger partial charge on any atom is 0.317 e. The number of hydrogen-bond donors (Lipinski definition) is 2. The molecule has 2 fully saturated rings. The lowest BCUT2D eigenvalue weighted by Crippen LogP contribution is -2.52. The van der Waals surface area contributed by atoms with E-state index < -0.39 is 0 Å². The van der Waals surface area contributed by atoms with E-state index >= 15 is 0 Å². The second kappa shape index (κ2) is 7.43. The summed E-state index contributed by atoms with van der Waals surface area (Å²) in [6, 6.07) is 7.63. The Labute approximate surface area is 163 Å². The largest absolute Gasteiger partial charge is 0.357 e. The van der Waals surface area contributed by atoms with E-state index in [2.05, 4.69) is 10.3 Å². The van der Waals surface area contributed by atoms with Crippen molar-refractivity contribution in [3.63, 3.8) is 0 Å². The Morgan fingerprint density at radius 3 is 2.89 bits per heavy atom. The highest BCUT2D eigenvalue weighted by atomic mass is 35.5. The molecule has 1 unspecified atom stereocenters. The Morgan fingerprint density at radius 1 is 1.30 bits per heavy atom. The molecule has 1 atom stereocenters. The summed E-state index contributed by atoms with van der Waals surface area (Å²) < 4.78 is 0. The van der Waals surface area contributed by atoms with Crippen LogP contribution in [0, 0.1) is 5.92 Å². The molecule has 0 bridgehead atoms. The standard InChI is InChI=1S/C20H25ClN4O2/c1-24(17-3-2-8-25(12-17)19(26)13-4-5-13)20(27)22-11-16-10-14-9-15(21)6-7-18(14)23-16/h6-7,9-10,13,17,23H,2-5,8,11-12H2,1H3,(H,22,27). The lowest BCUT2D eigenvalue weighted by atomic mass is 10.0. The van der Waals surface area contributed by atoms with Gasteiger partial charge in [-0.2, -0.15) is 0 Å². The van der Waals surface area contributed by atoms with Gasteiger partial charge in [0.15, 0.2) is 0 Å². The zero-order chi connectivity index (χ0) is 19.0. The van der Waals surface area contributed by atoms with Gasteiger partial charge in [0, 0.05) is 47.7 Å². The topological polar surface area (TPSA) is 68.4 Å². The van der Waals surface area contributed by atoms with Crippen LogP contribution in [-0.2, 0) is 11.3 Å². The molecule has 1 aromatic heterocycles. The van der Waals surface area contributed by atoms with Gasteiger partial charge < -0.3 is 20.1 Å². The number of aromatic amines is 1. The molecule has 1 aliphatic carbocycles. The van der Waals surface area contributed by atoms with Crippen molar-refractivity contribution >= 4 is 34.4 Å². The first-order chi connectivity index (χ1) is 13.0. The minimum atomic E-state index is -0.114. The number of rotatable bonds is 4. The molecular weight excluding hydrogens is 364 g/mol. The smallest absolute Gasteiger partial charge is 0.317 e. The van der Waals surface area contributed by atoms with Crippen LogP contribution in [0.2, 0.25) is 5.02 Å². The quantitative estimate of drug-likeness (QED) is 0.843. The summed E-state index contributed by atoms with van der Waals surface area (Å²) in [5.74, 6) is 0.503. The number of carbonyl (C=O) groups excluding carboxylic acids is 2. The number of halogens is 1. The molecule has 1 aromatic carbocycles. The number of aromatic nitrogens is 1. The molecule has 0 radical (unpaired) electrons. The van der Waals surface area contributed by atoms with Crippen LogP contribution in [0.15, 0.2) is 24.3 Å². The average molecular weight is 389 g/mol. The number of amides is 3. The monoisotopic (exact) mass is 388 g/mol. The summed E-state index contributed by atoms with van der Waals surface area (Å²) in [5, 5.41) is 4.69. The molecule has 2 aliphatic rings. The van der Waals surface area contributed by atoms with Crippen LogP contribution in [0.3, 0.4) is 0 Å². The van der Waals surface area contributed by atoms with Crippen molar-refractivity contribution in [2.75, 3.05) is 20.1 Å². The Hall–Kier alpha value is -2.21. The number of likely N-dealkylation sites (tertiary alicyclic amines) is 1. The van der Waals surface area contributed by atoms with Crippen molar-refractivity contribution < 1.29 is 9.59 Å². The predicted octanol–water partition coefficient (Wildman–Crippen LogP) is 3.36. The van der Waals surface area contributed by atoms with Gasteiger partial charge in [-0.3, -0.25) is 4.79 Å². The van der Waals surface area contributed by atoms with E-state index in [-0.39, 0.29) is 23.9 Å². The first kappa shape index (κ1) is 18.2. The van der Waals surface area contributed by atoms with E-state index in [4.69, 9.17) is 11.6 Å². The van der Waals surface area contributed by atoms with Gasteiger partial charge in [0.2, 0.25) is 5.91 Å². The number of benzene rings is 1. The molecule has 4 rings (SSSR count). The number of piperidine rings is 1. The molecule has 7 heteroatoms. The number of likely N-dealkylation sites (N-methyl/N-ethyl adjacent to an activating group) is 1. The highest BCUT2D eigenvalue weighted by Crippen LogP contribution is 2.32. The van der Waals surface area contributed by atoms with Crippen LogP contribution < -0.4 is 5.32 Å². The zero-order valence-electron chi connectivity index (χ0n) is 15.5. The second-order valence-corrected chi connectivity index (χ2v) is 8.09. The third kappa shape index (κ3) is 4.05. The third-order valence-electron chi connectivity index (χ3n) is 5.57. The van der Waals surface area contributed by atoms with Gasteiger partial charge in [0.1, 0.15) is 0 Å². The molecule has 1 saturated carbocycles. The summed E-state index contributed by atoms with van der Waals surface area (Å²) in [4.78, 5) is 31.9. The maximum atomic E-state index is 12.6. The summed E-state index contributed by atoms with van der Waals surface area (Å²) in [7, 11) is 1.82. The lowest BCUT2D eigenvalue weighted by Gasteiger charge is -2.37. The number of hydrogen-bond acceptors (Lipinski definition) is 2. The molecule has 1 aliphatic heterocycles. The molecule has 3 amide bonds. The maximum absolute atomic E-state index is 12.6. The second-order valence-electron chi connectivity index (χ2n) is 7.65. The first-order valence-corrected chi connectivity index (χ1v) is 9.95. The summed E-state index contributed by atoms with van der Waals surface area (Å²) in [5.41, 5.74) is 1.93. The van der Waals surface area contributed by atoms with Crippen molar-refractivity contribution in [3.05, 3.63) is 35.0 Å². The van der Waals surface area contributed by atoms with Gasteiger partial charge in [-0.25, -0.2) is 4.79 Å². The number of nitrogens with one attached hydrogen (secondary N) is 2. The number of carbonyl (C=O) groups is 2. The van der Waals surface area contributed by atoms with Crippen LogP contribution in [0.5, 0.6) is 0 Å². The molecule has 27 heavy (non-hydrogen) atoms. The Bertz CT molecular complexity index is 861.